The smallest absolute Gasteiger partial charge is 0.412 e. The lowest BCUT2D eigenvalue weighted by Gasteiger charge is -2.21. The normalized spacial score (nSPS) is 20.3. The number of rotatable bonds is 17. The van der Waals surface area contributed by atoms with Crippen LogP contribution in [-0.4, -0.2) is 53.7 Å². The van der Waals surface area contributed by atoms with Gasteiger partial charge in [-0.25, -0.2) is 9.59 Å². The molecule has 4 atom stereocenters. The van der Waals surface area contributed by atoms with E-state index in [1.165, 1.54) is 70.3 Å². The van der Waals surface area contributed by atoms with Gasteiger partial charge < -0.3 is 24.2 Å². The zero-order valence-corrected chi connectivity index (χ0v) is 24.0. The van der Waals surface area contributed by atoms with E-state index in [-0.39, 0.29) is 5.92 Å². The molecular formula is C32H49NO6. The number of hydrogen-bond acceptors (Lipinski definition) is 6. The third-order valence-corrected chi connectivity index (χ3v) is 7.75. The molecular weight excluding hydrogens is 494 g/mol. The van der Waals surface area contributed by atoms with Crippen LogP contribution in [0.1, 0.15) is 115 Å². The standard InChI is InChI=1S/C32H49NO6/c1-3-4-5-6-7-8-9-10-11-12-16-19-28(34)29-20-21-30(39-29)31(35)37-25(2)38-32(36)33-23-22-27(24-33)26-17-14-13-15-18-26/h13-15,17-18,20,25,27-28,30,34H,3-12,16,19,21-24H2,1-2H3. The van der Waals surface area contributed by atoms with Crippen LogP contribution >= 0.6 is 0 Å². The molecule has 3 rings (SSSR count). The summed E-state index contributed by atoms with van der Waals surface area (Å²) in [5, 5.41) is 10.5. The quantitative estimate of drug-likeness (QED) is 0.127. The zero-order valence-electron chi connectivity index (χ0n) is 24.0. The first-order valence-corrected chi connectivity index (χ1v) is 15.2. The van der Waals surface area contributed by atoms with Crippen molar-refractivity contribution in [2.24, 2.45) is 0 Å². The molecule has 39 heavy (non-hydrogen) atoms. The third-order valence-electron chi connectivity index (χ3n) is 7.75. The summed E-state index contributed by atoms with van der Waals surface area (Å²) < 4.78 is 16.4. The second kappa shape index (κ2) is 17.2. The lowest BCUT2D eigenvalue weighted by atomic mass is 9.99. The van der Waals surface area contributed by atoms with Gasteiger partial charge in [0.2, 0.25) is 6.29 Å². The number of esters is 1. The molecule has 0 spiro atoms. The maximum Gasteiger partial charge on any atom is 0.412 e. The minimum Gasteiger partial charge on any atom is -0.480 e. The molecule has 7 nitrogen and oxygen atoms in total. The number of hydrogen-bond donors (Lipinski definition) is 1. The van der Waals surface area contributed by atoms with Crippen molar-refractivity contribution >= 4 is 12.1 Å². The van der Waals surface area contributed by atoms with Crippen LogP contribution in [0.25, 0.3) is 0 Å². The van der Waals surface area contributed by atoms with Crippen LogP contribution in [0.3, 0.4) is 0 Å². The molecule has 0 saturated carbocycles. The summed E-state index contributed by atoms with van der Waals surface area (Å²) >= 11 is 0. The number of nitrogens with zero attached hydrogens (tertiary/aromatic N) is 1. The van der Waals surface area contributed by atoms with Gasteiger partial charge in [0.25, 0.3) is 0 Å². The van der Waals surface area contributed by atoms with E-state index in [4.69, 9.17) is 14.2 Å². The Kier molecular flexibility index (Phi) is 13.7. The maximum atomic E-state index is 12.6. The Balaban J connectivity index is 1.24. The van der Waals surface area contributed by atoms with Crippen LogP contribution in [0, 0.1) is 0 Å². The Morgan fingerprint density at radius 3 is 2.28 bits per heavy atom. The minimum atomic E-state index is -1.02. The second-order valence-electron chi connectivity index (χ2n) is 11.0. The summed E-state index contributed by atoms with van der Waals surface area (Å²) in [5.41, 5.74) is 1.21. The first kappa shape index (κ1) is 31.0. The molecule has 0 bridgehead atoms. The fourth-order valence-corrected chi connectivity index (χ4v) is 5.39. The summed E-state index contributed by atoms with van der Waals surface area (Å²) in [6, 6.07) is 10.1. The van der Waals surface area contributed by atoms with Crippen LogP contribution in [-0.2, 0) is 19.0 Å². The number of benzene rings is 1. The predicted molar refractivity (Wildman–Crippen MR) is 152 cm³/mol. The average Bonchev–Trinajstić information content (AvgIpc) is 3.63. The van der Waals surface area contributed by atoms with Gasteiger partial charge in [0, 0.05) is 32.4 Å². The molecule has 1 aromatic carbocycles. The topological polar surface area (TPSA) is 85.3 Å². The van der Waals surface area contributed by atoms with Crippen molar-refractivity contribution in [1.82, 2.24) is 4.90 Å². The van der Waals surface area contributed by atoms with Crippen molar-refractivity contribution < 1.29 is 28.9 Å². The number of ether oxygens (including phenoxy) is 3. The van der Waals surface area contributed by atoms with E-state index in [9.17, 15) is 14.7 Å². The molecule has 1 amide bonds. The van der Waals surface area contributed by atoms with Crippen LogP contribution in [0.4, 0.5) is 4.79 Å². The zero-order chi connectivity index (χ0) is 27.9. The van der Waals surface area contributed by atoms with Crippen molar-refractivity contribution in [3.8, 4) is 0 Å². The van der Waals surface area contributed by atoms with Gasteiger partial charge in [-0.05, 0) is 24.5 Å². The Bertz CT molecular complexity index is 888. The number of amides is 1. The number of aliphatic hydroxyl groups is 1. The van der Waals surface area contributed by atoms with Crippen LogP contribution in [0.5, 0.6) is 0 Å². The van der Waals surface area contributed by atoms with E-state index in [0.29, 0.717) is 31.7 Å². The molecule has 218 valence electrons. The molecule has 0 aromatic heterocycles. The van der Waals surface area contributed by atoms with Gasteiger partial charge in [0.1, 0.15) is 11.9 Å². The molecule has 1 saturated heterocycles. The van der Waals surface area contributed by atoms with Gasteiger partial charge in [-0.1, -0.05) is 108 Å². The number of carbonyl (C=O) groups is 2. The maximum absolute atomic E-state index is 12.6. The molecule has 4 unspecified atom stereocenters. The highest BCUT2D eigenvalue weighted by Gasteiger charge is 2.33. The molecule has 7 heteroatoms. The van der Waals surface area contributed by atoms with Gasteiger partial charge in [0.15, 0.2) is 6.10 Å². The minimum absolute atomic E-state index is 0.282. The van der Waals surface area contributed by atoms with Gasteiger partial charge in [0.05, 0.1) is 0 Å². The van der Waals surface area contributed by atoms with Crippen LogP contribution in [0.2, 0.25) is 0 Å². The van der Waals surface area contributed by atoms with Crippen LogP contribution < -0.4 is 0 Å². The molecule has 1 aromatic rings. The summed E-state index contributed by atoms with van der Waals surface area (Å²) in [6.07, 6.45) is 14.4. The van der Waals surface area contributed by atoms with Gasteiger partial charge >= 0.3 is 12.1 Å². The molecule has 0 aliphatic carbocycles. The summed E-state index contributed by atoms with van der Waals surface area (Å²) in [7, 11) is 0. The SMILES string of the molecule is CCCCCCCCCCCCCC(O)C1=CCC(C(=O)OC(C)OC(=O)N2CCC(c3ccccc3)C2)O1. The van der Waals surface area contributed by atoms with Crippen molar-refractivity contribution in [3.63, 3.8) is 0 Å². The number of aliphatic hydroxyl groups excluding tert-OH is 1. The first-order chi connectivity index (χ1) is 19.0. The van der Waals surface area contributed by atoms with Gasteiger partial charge in [-0.2, -0.15) is 0 Å². The Morgan fingerprint density at radius 1 is 0.974 bits per heavy atom. The van der Waals surface area contributed by atoms with E-state index in [2.05, 4.69) is 19.1 Å². The lowest BCUT2D eigenvalue weighted by molar-refractivity contribution is -0.176. The number of likely N-dealkylation sites (tertiary alicyclic amines) is 1. The Morgan fingerprint density at radius 2 is 1.62 bits per heavy atom. The largest absolute Gasteiger partial charge is 0.480 e. The third kappa shape index (κ3) is 10.9. The lowest BCUT2D eigenvalue weighted by Crippen LogP contribution is -2.35. The summed E-state index contributed by atoms with van der Waals surface area (Å²) in [6.45, 7) is 4.97. The predicted octanol–water partition coefficient (Wildman–Crippen LogP) is 7.24. The molecule has 0 radical (unpaired) electrons. The fourth-order valence-electron chi connectivity index (χ4n) is 5.39. The van der Waals surface area contributed by atoms with E-state index >= 15 is 0 Å². The Hall–Kier alpha value is -2.54. The first-order valence-electron chi connectivity index (χ1n) is 15.2. The van der Waals surface area contributed by atoms with Crippen LogP contribution in [0.15, 0.2) is 42.2 Å². The molecule has 1 fully saturated rings. The van der Waals surface area contributed by atoms with Crippen molar-refractivity contribution in [3.05, 3.63) is 47.7 Å². The monoisotopic (exact) mass is 543 g/mol. The van der Waals surface area contributed by atoms with E-state index in [1.54, 1.807) is 11.0 Å². The highest BCUT2D eigenvalue weighted by molar-refractivity contribution is 5.76. The van der Waals surface area contributed by atoms with E-state index in [0.717, 1.165) is 19.3 Å². The molecule has 1 N–H and O–H groups in total. The van der Waals surface area contributed by atoms with Crippen molar-refractivity contribution in [2.75, 3.05) is 13.1 Å². The second-order valence-corrected chi connectivity index (χ2v) is 11.0. The average molecular weight is 544 g/mol. The summed E-state index contributed by atoms with van der Waals surface area (Å²) in [4.78, 5) is 26.8. The summed E-state index contributed by atoms with van der Waals surface area (Å²) in [5.74, 6) is 0.134. The van der Waals surface area contributed by atoms with Gasteiger partial charge in [-0.15, -0.1) is 0 Å². The molecule has 2 aliphatic rings. The highest BCUT2D eigenvalue weighted by atomic mass is 16.7. The number of carbonyl (C=O) groups excluding carboxylic acids is 2. The van der Waals surface area contributed by atoms with E-state index in [1.807, 2.05) is 18.2 Å². The number of unbranched alkanes of at least 4 members (excludes halogenated alkanes) is 10. The highest BCUT2D eigenvalue weighted by Crippen LogP contribution is 2.28. The Labute approximate surface area is 234 Å². The van der Waals surface area contributed by atoms with E-state index < -0.39 is 30.6 Å². The molecule has 2 aliphatic heterocycles. The molecule has 2 heterocycles. The van der Waals surface area contributed by atoms with Gasteiger partial charge in [-0.3, -0.25) is 0 Å². The fraction of sp³-hybridized carbons (Fsp3) is 0.688. The van der Waals surface area contributed by atoms with Crippen molar-refractivity contribution in [2.45, 2.75) is 128 Å². The van der Waals surface area contributed by atoms with Crippen molar-refractivity contribution in [1.29, 1.82) is 0 Å².